The summed E-state index contributed by atoms with van der Waals surface area (Å²) in [6, 6.07) is 66.2. The van der Waals surface area contributed by atoms with Gasteiger partial charge in [-0.2, -0.15) is 0 Å². The number of rotatable bonds is 5. The van der Waals surface area contributed by atoms with Crippen molar-refractivity contribution < 1.29 is 13.3 Å². The molecule has 0 amide bonds. The summed E-state index contributed by atoms with van der Waals surface area (Å²) in [6.07, 6.45) is 0. The third kappa shape index (κ3) is 4.73. The van der Waals surface area contributed by atoms with Crippen molar-refractivity contribution in [3.63, 3.8) is 0 Å². The first-order chi connectivity index (χ1) is 27.7. The maximum Gasteiger partial charge on any atom is 0.143 e. The van der Waals surface area contributed by atoms with Crippen LogP contribution in [0.2, 0.25) is 0 Å². The van der Waals surface area contributed by atoms with Gasteiger partial charge in [-0.05, 0) is 94.2 Å². The minimum absolute atomic E-state index is 0.826. The number of benzene rings is 9. The van der Waals surface area contributed by atoms with Crippen LogP contribution in [0.25, 0.3) is 98.8 Å². The van der Waals surface area contributed by atoms with Crippen LogP contribution in [0.3, 0.4) is 0 Å². The van der Waals surface area contributed by atoms with Crippen molar-refractivity contribution in [1.82, 2.24) is 0 Å². The molecule has 0 bridgehead atoms. The average molecular weight is 718 g/mol. The molecule has 0 saturated heterocycles. The molecular weight excluding hydrogens is 687 g/mol. The number of furan rings is 3. The Morgan fingerprint density at radius 3 is 1.77 bits per heavy atom. The first kappa shape index (κ1) is 30.9. The highest BCUT2D eigenvalue weighted by atomic mass is 16.3. The number of fused-ring (bicyclic) bond motifs is 10. The van der Waals surface area contributed by atoms with E-state index >= 15 is 0 Å². The van der Waals surface area contributed by atoms with Gasteiger partial charge in [0, 0.05) is 43.9 Å². The lowest BCUT2D eigenvalue weighted by molar-refractivity contribution is 0.668. The summed E-state index contributed by atoms with van der Waals surface area (Å²) in [7, 11) is 0. The van der Waals surface area contributed by atoms with Gasteiger partial charge >= 0.3 is 0 Å². The molecule has 262 valence electrons. The fourth-order valence-electron chi connectivity index (χ4n) is 8.60. The molecule has 0 aliphatic heterocycles. The van der Waals surface area contributed by atoms with Crippen LogP contribution in [0, 0.1) is 0 Å². The number of hydrogen-bond acceptors (Lipinski definition) is 4. The molecule has 0 radical (unpaired) electrons. The maximum atomic E-state index is 6.74. The van der Waals surface area contributed by atoms with Gasteiger partial charge < -0.3 is 18.2 Å². The summed E-state index contributed by atoms with van der Waals surface area (Å²) < 4.78 is 19.8. The monoisotopic (exact) mass is 717 g/mol. The molecule has 0 aliphatic rings. The van der Waals surface area contributed by atoms with E-state index in [1.165, 1.54) is 10.8 Å². The van der Waals surface area contributed by atoms with Gasteiger partial charge in [0.15, 0.2) is 0 Å². The van der Waals surface area contributed by atoms with Crippen molar-refractivity contribution in [2.24, 2.45) is 0 Å². The van der Waals surface area contributed by atoms with Crippen molar-refractivity contribution >= 4 is 93.7 Å². The van der Waals surface area contributed by atoms with E-state index in [0.717, 1.165) is 105 Å². The van der Waals surface area contributed by atoms with Gasteiger partial charge in [0.25, 0.3) is 0 Å². The normalized spacial score (nSPS) is 11.9. The number of anilines is 3. The Labute approximate surface area is 321 Å². The van der Waals surface area contributed by atoms with Crippen LogP contribution in [0.15, 0.2) is 201 Å². The van der Waals surface area contributed by atoms with Crippen LogP contribution in [0.5, 0.6) is 0 Å². The van der Waals surface area contributed by atoms with Crippen molar-refractivity contribution in [2.45, 2.75) is 0 Å². The third-order valence-corrected chi connectivity index (χ3v) is 11.2. The second-order valence-electron chi connectivity index (χ2n) is 14.5. The van der Waals surface area contributed by atoms with Crippen LogP contribution < -0.4 is 4.90 Å². The molecule has 0 unspecified atom stereocenters. The number of nitrogens with zero attached hydrogens (tertiary/aromatic N) is 1. The van der Waals surface area contributed by atoms with E-state index in [0.29, 0.717) is 0 Å². The predicted octanol–water partition coefficient (Wildman–Crippen LogP) is 15.3. The second kappa shape index (κ2) is 12.0. The molecule has 12 aromatic rings. The molecule has 3 aromatic heterocycles. The largest absolute Gasteiger partial charge is 0.456 e. The Kier molecular flexibility index (Phi) is 6.60. The lowest BCUT2D eigenvalue weighted by Crippen LogP contribution is -2.11. The van der Waals surface area contributed by atoms with Crippen LogP contribution >= 0.6 is 0 Å². The van der Waals surface area contributed by atoms with Crippen molar-refractivity contribution in [3.05, 3.63) is 188 Å². The van der Waals surface area contributed by atoms with E-state index in [-0.39, 0.29) is 0 Å². The molecule has 0 spiro atoms. The maximum absolute atomic E-state index is 6.74. The first-order valence-corrected chi connectivity index (χ1v) is 18.9. The first-order valence-electron chi connectivity index (χ1n) is 18.9. The molecule has 4 nitrogen and oxygen atoms in total. The highest BCUT2D eigenvalue weighted by Crippen LogP contribution is 2.49. The van der Waals surface area contributed by atoms with Crippen molar-refractivity contribution in [1.29, 1.82) is 0 Å². The van der Waals surface area contributed by atoms with Gasteiger partial charge in [-0.15, -0.1) is 0 Å². The highest BCUT2D eigenvalue weighted by Gasteiger charge is 2.25. The average Bonchev–Trinajstić information content (AvgIpc) is 3.95. The molecule has 3 heterocycles. The zero-order chi connectivity index (χ0) is 36.7. The molecule has 9 aromatic carbocycles. The molecule has 0 saturated carbocycles. The van der Waals surface area contributed by atoms with E-state index in [4.69, 9.17) is 13.3 Å². The van der Waals surface area contributed by atoms with Crippen LogP contribution in [0.4, 0.5) is 17.1 Å². The smallest absolute Gasteiger partial charge is 0.143 e. The second-order valence-corrected chi connectivity index (χ2v) is 14.5. The molecule has 0 atom stereocenters. The SMILES string of the molecule is c1ccc(-c2cc(N(c3ccc4oc5ccccc5c4c3)c3cc(-c4ccc5ccccc5c4)c4oc5ccccc5c4c3)c3c(c2)oc2ccccc23)cc1. The Hall–Kier alpha value is -7.56. The van der Waals surface area contributed by atoms with E-state index in [9.17, 15) is 0 Å². The molecule has 12 rings (SSSR count). The Bertz CT molecular complexity index is 3500. The summed E-state index contributed by atoms with van der Waals surface area (Å²) in [5.74, 6) is 0. The number of para-hydroxylation sites is 3. The van der Waals surface area contributed by atoms with E-state index < -0.39 is 0 Å². The van der Waals surface area contributed by atoms with Gasteiger partial charge in [-0.3, -0.25) is 0 Å². The summed E-state index contributed by atoms with van der Waals surface area (Å²) in [5, 5.41) is 8.73. The van der Waals surface area contributed by atoms with Crippen molar-refractivity contribution in [2.75, 3.05) is 4.90 Å². The number of hydrogen-bond donors (Lipinski definition) is 0. The quantitative estimate of drug-likeness (QED) is 0.178. The van der Waals surface area contributed by atoms with Crippen molar-refractivity contribution in [3.8, 4) is 22.3 Å². The van der Waals surface area contributed by atoms with Gasteiger partial charge in [0.1, 0.15) is 33.5 Å². The Balaban J connectivity index is 1.22. The molecule has 0 fully saturated rings. The third-order valence-electron chi connectivity index (χ3n) is 11.2. The minimum Gasteiger partial charge on any atom is -0.456 e. The predicted molar refractivity (Wildman–Crippen MR) is 231 cm³/mol. The highest BCUT2D eigenvalue weighted by molar-refractivity contribution is 6.17. The van der Waals surface area contributed by atoms with E-state index in [2.05, 4.69) is 169 Å². The summed E-state index contributed by atoms with van der Waals surface area (Å²) >= 11 is 0. The summed E-state index contributed by atoms with van der Waals surface area (Å²) in [4.78, 5) is 2.39. The molecule has 0 N–H and O–H groups in total. The summed E-state index contributed by atoms with van der Waals surface area (Å²) in [6.45, 7) is 0. The zero-order valence-corrected chi connectivity index (χ0v) is 30.1. The fourth-order valence-corrected chi connectivity index (χ4v) is 8.60. The standard InChI is InChI=1S/C52H31NO3/c1-2-12-32(13-3-1)36-27-45(51-41-18-8-11-21-48(41)55-50(51)28-36)53(37-24-25-49-43(29-37)39-16-6-9-19-46(39)54-49)38-30-42(35-23-22-33-14-4-5-15-34(33)26-35)52-44(31-38)40-17-7-10-20-47(40)56-52/h1-31H. The fraction of sp³-hybridized carbons (Fsp3) is 0. The Morgan fingerprint density at radius 2 is 0.946 bits per heavy atom. The van der Waals surface area contributed by atoms with Gasteiger partial charge in [0.05, 0.1) is 11.1 Å². The molecule has 56 heavy (non-hydrogen) atoms. The van der Waals surface area contributed by atoms with Crippen LogP contribution in [-0.4, -0.2) is 0 Å². The molecular formula is C52H31NO3. The lowest BCUT2D eigenvalue weighted by Gasteiger charge is -2.28. The van der Waals surface area contributed by atoms with E-state index in [1.54, 1.807) is 0 Å². The molecule has 4 heteroatoms. The van der Waals surface area contributed by atoms with Gasteiger partial charge in [-0.1, -0.05) is 121 Å². The van der Waals surface area contributed by atoms with Crippen LogP contribution in [0.1, 0.15) is 0 Å². The minimum atomic E-state index is 0.826. The summed E-state index contributed by atoms with van der Waals surface area (Å²) in [5.41, 5.74) is 12.4. The topological polar surface area (TPSA) is 42.7 Å². The van der Waals surface area contributed by atoms with E-state index in [1.807, 2.05) is 24.3 Å². The van der Waals surface area contributed by atoms with Gasteiger partial charge in [-0.25, -0.2) is 0 Å². The zero-order valence-electron chi connectivity index (χ0n) is 30.1. The lowest BCUT2D eigenvalue weighted by atomic mass is 9.97. The molecule has 0 aliphatic carbocycles. The van der Waals surface area contributed by atoms with Crippen LogP contribution in [-0.2, 0) is 0 Å². The van der Waals surface area contributed by atoms with Gasteiger partial charge in [0.2, 0.25) is 0 Å². The Morgan fingerprint density at radius 1 is 0.321 bits per heavy atom.